The summed E-state index contributed by atoms with van der Waals surface area (Å²) in [5.74, 6) is 0.0608. The topological polar surface area (TPSA) is 75.6 Å². The van der Waals surface area contributed by atoms with Crippen molar-refractivity contribution in [3.8, 4) is 0 Å². The Morgan fingerprint density at radius 2 is 1.75 bits per heavy atom. The van der Waals surface area contributed by atoms with E-state index in [4.69, 9.17) is 9.84 Å². The maximum absolute atomic E-state index is 11.5. The molecule has 2 aliphatic carbocycles. The van der Waals surface area contributed by atoms with Crippen molar-refractivity contribution >= 4 is 11.9 Å². The number of carboxylic acid groups (broad SMARTS) is 1. The standard InChI is InChI=1S/C11H17NO4/c13-9(5-16-6-10(14)15)12-11(7-1-2-7)8-3-4-8/h7-8,11H,1-6H2,(H,12,13)(H,14,15). The summed E-state index contributed by atoms with van der Waals surface area (Å²) >= 11 is 0. The van der Waals surface area contributed by atoms with Crippen LogP contribution in [0.4, 0.5) is 0 Å². The predicted octanol–water partition coefficient (Wildman–Crippen LogP) is 0.392. The van der Waals surface area contributed by atoms with Crippen LogP contribution in [0.25, 0.3) is 0 Å². The van der Waals surface area contributed by atoms with Crippen molar-refractivity contribution in [1.29, 1.82) is 0 Å². The second kappa shape index (κ2) is 4.82. The van der Waals surface area contributed by atoms with E-state index in [1.165, 1.54) is 25.7 Å². The van der Waals surface area contributed by atoms with Crippen molar-refractivity contribution in [3.05, 3.63) is 0 Å². The van der Waals surface area contributed by atoms with Crippen LogP contribution >= 0.6 is 0 Å². The zero-order chi connectivity index (χ0) is 11.5. The monoisotopic (exact) mass is 227 g/mol. The van der Waals surface area contributed by atoms with Gasteiger partial charge in [-0.25, -0.2) is 4.79 Å². The number of carbonyl (C=O) groups is 2. The molecule has 0 atom stereocenters. The third-order valence-corrected chi connectivity index (χ3v) is 3.05. The van der Waals surface area contributed by atoms with Gasteiger partial charge < -0.3 is 15.2 Å². The number of ether oxygens (including phenoxy) is 1. The summed E-state index contributed by atoms with van der Waals surface area (Å²) in [6.45, 7) is -0.562. The molecule has 2 aliphatic rings. The van der Waals surface area contributed by atoms with E-state index in [0.29, 0.717) is 17.9 Å². The van der Waals surface area contributed by atoms with Crippen LogP contribution in [0.5, 0.6) is 0 Å². The summed E-state index contributed by atoms with van der Waals surface area (Å²) in [6, 6.07) is 0.306. The molecule has 0 bridgehead atoms. The SMILES string of the molecule is O=C(O)COCC(=O)NC(C1CC1)C1CC1. The molecule has 2 fully saturated rings. The molecule has 5 nitrogen and oxygen atoms in total. The fourth-order valence-electron chi connectivity index (χ4n) is 1.99. The molecule has 1 amide bonds. The molecule has 0 aliphatic heterocycles. The van der Waals surface area contributed by atoms with Crippen LogP contribution in [0.1, 0.15) is 25.7 Å². The zero-order valence-corrected chi connectivity index (χ0v) is 9.15. The minimum Gasteiger partial charge on any atom is -0.480 e. The van der Waals surface area contributed by atoms with Crippen molar-refractivity contribution < 1.29 is 19.4 Å². The molecule has 0 saturated heterocycles. The minimum atomic E-state index is -1.05. The summed E-state index contributed by atoms with van der Waals surface area (Å²) in [5.41, 5.74) is 0. The normalized spacial score (nSPS) is 19.8. The van der Waals surface area contributed by atoms with E-state index in [9.17, 15) is 9.59 Å². The van der Waals surface area contributed by atoms with Gasteiger partial charge in [0.15, 0.2) is 0 Å². The van der Waals surface area contributed by atoms with Crippen molar-refractivity contribution in [2.24, 2.45) is 11.8 Å². The van der Waals surface area contributed by atoms with E-state index in [1.54, 1.807) is 0 Å². The second-order valence-corrected chi connectivity index (χ2v) is 4.65. The van der Waals surface area contributed by atoms with E-state index in [-0.39, 0.29) is 12.5 Å². The van der Waals surface area contributed by atoms with Crippen molar-refractivity contribution in [2.45, 2.75) is 31.7 Å². The lowest BCUT2D eigenvalue weighted by molar-refractivity contribution is -0.143. The highest BCUT2D eigenvalue weighted by molar-refractivity contribution is 5.78. The van der Waals surface area contributed by atoms with E-state index >= 15 is 0 Å². The molecule has 2 saturated carbocycles. The zero-order valence-electron chi connectivity index (χ0n) is 9.15. The first kappa shape index (κ1) is 11.4. The van der Waals surface area contributed by atoms with Crippen LogP contribution in [0.3, 0.4) is 0 Å². The number of hydrogen-bond donors (Lipinski definition) is 2. The fraction of sp³-hybridized carbons (Fsp3) is 0.818. The molecule has 90 valence electrons. The lowest BCUT2D eigenvalue weighted by Crippen LogP contribution is -2.40. The Hall–Kier alpha value is -1.10. The van der Waals surface area contributed by atoms with Gasteiger partial charge in [0.1, 0.15) is 13.2 Å². The number of aliphatic carboxylic acids is 1. The number of rotatable bonds is 7. The van der Waals surface area contributed by atoms with Crippen molar-refractivity contribution in [1.82, 2.24) is 5.32 Å². The molecular formula is C11H17NO4. The van der Waals surface area contributed by atoms with Gasteiger partial charge in [0.2, 0.25) is 5.91 Å². The Labute approximate surface area is 94.2 Å². The number of amides is 1. The molecule has 0 aromatic heterocycles. The number of nitrogens with one attached hydrogen (secondary N) is 1. The van der Waals surface area contributed by atoms with E-state index in [2.05, 4.69) is 5.32 Å². The van der Waals surface area contributed by atoms with Crippen LogP contribution in [0, 0.1) is 11.8 Å². The van der Waals surface area contributed by atoms with Gasteiger partial charge in [0, 0.05) is 6.04 Å². The lowest BCUT2D eigenvalue weighted by Gasteiger charge is -2.17. The van der Waals surface area contributed by atoms with Gasteiger partial charge in [0.25, 0.3) is 0 Å². The van der Waals surface area contributed by atoms with Gasteiger partial charge in [-0.2, -0.15) is 0 Å². The third-order valence-electron chi connectivity index (χ3n) is 3.05. The van der Waals surface area contributed by atoms with Crippen molar-refractivity contribution in [2.75, 3.05) is 13.2 Å². The molecule has 0 aromatic rings. The first-order valence-electron chi connectivity index (χ1n) is 5.75. The average molecular weight is 227 g/mol. The Morgan fingerprint density at radius 3 is 2.19 bits per heavy atom. The lowest BCUT2D eigenvalue weighted by atomic mass is 10.1. The molecule has 0 aromatic carbocycles. The van der Waals surface area contributed by atoms with Crippen LogP contribution in [-0.4, -0.2) is 36.2 Å². The molecule has 0 spiro atoms. The molecule has 5 heteroatoms. The van der Waals surface area contributed by atoms with Gasteiger partial charge in [0.05, 0.1) is 0 Å². The van der Waals surface area contributed by atoms with Gasteiger partial charge in [-0.1, -0.05) is 0 Å². The van der Waals surface area contributed by atoms with Gasteiger partial charge in [-0.3, -0.25) is 4.79 Å². The highest BCUT2D eigenvalue weighted by atomic mass is 16.5. The Balaban J connectivity index is 1.66. The molecule has 16 heavy (non-hydrogen) atoms. The van der Waals surface area contributed by atoms with E-state index in [1.807, 2.05) is 0 Å². The van der Waals surface area contributed by atoms with Gasteiger partial charge >= 0.3 is 5.97 Å². The minimum absolute atomic E-state index is 0.151. The highest BCUT2D eigenvalue weighted by Gasteiger charge is 2.42. The fourth-order valence-corrected chi connectivity index (χ4v) is 1.99. The molecular weight excluding hydrogens is 210 g/mol. The third kappa shape index (κ3) is 3.48. The average Bonchev–Trinajstić information content (AvgIpc) is 3.06. The summed E-state index contributed by atoms with van der Waals surface area (Å²) in [6.07, 6.45) is 4.82. The predicted molar refractivity (Wildman–Crippen MR) is 55.8 cm³/mol. The molecule has 0 heterocycles. The quantitative estimate of drug-likeness (QED) is 0.659. The maximum Gasteiger partial charge on any atom is 0.329 e. The number of carbonyl (C=O) groups excluding carboxylic acids is 1. The van der Waals surface area contributed by atoms with Gasteiger partial charge in [-0.05, 0) is 37.5 Å². The smallest absolute Gasteiger partial charge is 0.329 e. The van der Waals surface area contributed by atoms with E-state index < -0.39 is 12.6 Å². The van der Waals surface area contributed by atoms with E-state index in [0.717, 1.165) is 0 Å². The first-order chi connectivity index (χ1) is 7.66. The molecule has 2 N–H and O–H groups in total. The Bertz CT molecular complexity index is 272. The molecule has 0 radical (unpaired) electrons. The van der Waals surface area contributed by atoms with Crippen LogP contribution < -0.4 is 5.32 Å². The highest BCUT2D eigenvalue weighted by Crippen LogP contribution is 2.44. The number of hydrogen-bond acceptors (Lipinski definition) is 3. The summed E-state index contributed by atoms with van der Waals surface area (Å²) in [4.78, 5) is 21.7. The summed E-state index contributed by atoms with van der Waals surface area (Å²) in [7, 11) is 0. The second-order valence-electron chi connectivity index (χ2n) is 4.65. The Kier molecular flexibility index (Phi) is 3.43. The van der Waals surface area contributed by atoms with Crippen LogP contribution in [-0.2, 0) is 14.3 Å². The van der Waals surface area contributed by atoms with Gasteiger partial charge in [-0.15, -0.1) is 0 Å². The van der Waals surface area contributed by atoms with Crippen LogP contribution in [0.2, 0.25) is 0 Å². The molecule has 0 unspecified atom stereocenters. The largest absolute Gasteiger partial charge is 0.480 e. The maximum atomic E-state index is 11.5. The van der Waals surface area contributed by atoms with Crippen LogP contribution in [0.15, 0.2) is 0 Å². The molecule has 2 rings (SSSR count). The first-order valence-corrected chi connectivity index (χ1v) is 5.75. The van der Waals surface area contributed by atoms with Crippen molar-refractivity contribution in [3.63, 3.8) is 0 Å². The summed E-state index contributed by atoms with van der Waals surface area (Å²) in [5, 5.41) is 11.3. The Morgan fingerprint density at radius 1 is 1.19 bits per heavy atom. The summed E-state index contributed by atoms with van der Waals surface area (Å²) < 4.78 is 4.75. The number of carboxylic acids is 1.